The van der Waals surface area contributed by atoms with Crippen LogP contribution in [0.25, 0.3) is 27.1 Å². The van der Waals surface area contributed by atoms with Crippen LogP contribution in [0.1, 0.15) is 37.0 Å². The molecule has 0 saturated heterocycles. The second-order valence-electron chi connectivity index (χ2n) is 7.77. The SMILES string of the molecule is CCC(C)C1=C(c2cccc3cc4ccccc4cc23)c2ccccc2C1. The lowest BCUT2D eigenvalue weighted by Gasteiger charge is -2.16. The van der Waals surface area contributed by atoms with Gasteiger partial charge in [0.15, 0.2) is 0 Å². The number of hydrogen-bond acceptors (Lipinski definition) is 0. The minimum atomic E-state index is 0.600. The summed E-state index contributed by atoms with van der Waals surface area (Å²) in [7, 11) is 0. The van der Waals surface area contributed by atoms with Crippen molar-refractivity contribution in [2.24, 2.45) is 5.92 Å². The zero-order valence-electron chi connectivity index (χ0n) is 16.0. The molecule has 1 aliphatic rings. The van der Waals surface area contributed by atoms with E-state index in [1.54, 1.807) is 5.57 Å². The summed E-state index contributed by atoms with van der Waals surface area (Å²) in [6.07, 6.45) is 2.27. The van der Waals surface area contributed by atoms with Gasteiger partial charge in [-0.2, -0.15) is 0 Å². The van der Waals surface area contributed by atoms with E-state index >= 15 is 0 Å². The van der Waals surface area contributed by atoms with Crippen LogP contribution in [-0.2, 0) is 6.42 Å². The molecule has 0 aliphatic heterocycles. The standard InChI is InChI=1S/C27H24/c1-3-18(2)25-17-22-11-6-7-13-23(22)27(25)24-14-8-12-21-15-19-9-4-5-10-20(19)16-26(21)24/h4-16,18H,3,17H2,1-2H3. The minimum Gasteiger partial charge on any atom is -0.0648 e. The fourth-order valence-electron chi connectivity index (χ4n) is 4.55. The average molecular weight is 348 g/mol. The van der Waals surface area contributed by atoms with E-state index in [1.165, 1.54) is 50.2 Å². The smallest absolute Gasteiger partial charge is 0.00488 e. The summed E-state index contributed by atoms with van der Waals surface area (Å²) < 4.78 is 0. The van der Waals surface area contributed by atoms with Crippen molar-refractivity contribution in [3.63, 3.8) is 0 Å². The molecule has 0 heteroatoms. The topological polar surface area (TPSA) is 0 Å². The second kappa shape index (κ2) is 6.39. The molecule has 1 unspecified atom stereocenters. The van der Waals surface area contributed by atoms with E-state index in [2.05, 4.69) is 92.7 Å². The summed E-state index contributed by atoms with van der Waals surface area (Å²) >= 11 is 0. The molecule has 0 radical (unpaired) electrons. The van der Waals surface area contributed by atoms with Crippen molar-refractivity contribution in [3.05, 3.63) is 101 Å². The van der Waals surface area contributed by atoms with Crippen LogP contribution in [0.5, 0.6) is 0 Å². The Hall–Kier alpha value is -2.86. The van der Waals surface area contributed by atoms with E-state index in [0.717, 1.165) is 6.42 Å². The quantitative estimate of drug-likeness (QED) is 0.338. The van der Waals surface area contributed by atoms with Crippen LogP contribution in [0.4, 0.5) is 0 Å². The number of fused-ring (bicyclic) bond motifs is 3. The van der Waals surface area contributed by atoms with Crippen molar-refractivity contribution < 1.29 is 0 Å². The van der Waals surface area contributed by atoms with Crippen LogP contribution in [0.2, 0.25) is 0 Å². The summed E-state index contributed by atoms with van der Waals surface area (Å²) in [4.78, 5) is 0. The minimum absolute atomic E-state index is 0.600. The van der Waals surface area contributed by atoms with Gasteiger partial charge in [-0.3, -0.25) is 0 Å². The van der Waals surface area contributed by atoms with Gasteiger partial charge >= 0.3 is 0 Å². The Morgan fingerprint density at radius 2 is 1.41 bits per heavy atom. The third kappa shape index (κ3) is 2.59. The van der Waals surface area contributed by atoms with Crippen molar-refractivity contribution >= 4 is 27.1 Å². The highest BCUT2D eigenvalue weighted by Gasteiger charge is 2.26. The molecule has 0 fully saturated rings. The molecule has 0 amide bonds. The Morgan fingerprint density at radius 3 is 2.22 bits per heavy atom. The van der Waals surface area contributed by atoms with Crippen LogP contribution in [0.15, 0.2) is 84.4 Å². The first-order valence-electron chi connectivity index (χ1n) is 9.99. The number of hydrogen-bond donors (Lipinski definition) is 0. The molecule has 0 bridgehead atoms. The summed E-state index contributed by atoms with van der Waals surface area (Å²) in [6.45, 7) is 4.68. The monoisotopic (exact) mass is 348 g/mol. The predicted molar refractivity (Wildman–Crippen MR) is 117 cm³/mol. The molecule has 0 aromatic heterocycles. The van der Waals surface area contributed by atoms with E-state index < -0.39 is 0 Å². The highest BCUT2D eigenvalue weighted by atomic mass is 14.3. The van der Waals surface area contributed by atoms with Gasteiger partial charge in [0.2, 0.25) is 0 Å². The Balaban J connectivity index is 1.84. The molecule has 4 aromatic rings. The predicted octanol–water partition coefficient (Wildman–Crippen LogP) is 7.40. The van der Waals surface area contributed by atoms with Gasteiger partial charge < -0.3 is 0 Å². The molecule has 1 atom stereocenters. The van der Waals surface area contributed by atoms with E-state index in [4.69, 9.17) is 0 Å². The first-order chi connectivity index (χ1) is 13.3. The second-order valence-corrected chi connectivity index (χ2v) is 7.77. The first-order valence-corrected chi connectivity index (χ1v) is 9.99. The molecule has 5 rings (SSSR count). The molecule has 0 nitrogen and oxygen atoms in total. The Kier molecular flexibility index (Phi) is 3.86. The van der Waals surface area contributed by atoms with Crippen molar-refractivity contribution in [3.8, 4) is 0 Å². The van der Waals surface area contributed by atoms with Crippen molar-refractivity contribution in [1.82, 2.24) is 0 Å². The van der Waals surface area contributed by atoms with E-state index in [9.17, 15) is 0 Å². The molecule has 0 N–H and O–H groups in total. The molecular formula is C27H24. The molecule has 0 heterocycles. The van der Waals surface area contributed by atoms with E-state index in [1.807, 2.05) is 0 Å². The van der Waals surface area contributed by atoms with Crippen molar-refractivity contribution in [2.75, 3.05) is 0 Å². The molecule has 27 heavy (non-hydrogen) atoms. The number of benzene rings is 4. The summed E-state index contributed by atoms with van der Waals surface area (Å²) in [6, 6.07) is 29.1. The fraction of sp³-hybridized carbons (Fsp3) is 0.185. The first kappa shape index (κ1) is 16.3. The third-order valence-corrected chi connectivity index (χ3v) is 6.21. The zero-order valence-corrected chi connectivity index (χ0v) is 16.0. The van der Waals surface area contributed by atoms with Gasteiger partial charge in [0, 0.05) is 0 Å². The van der Waals surface area contributed by atoms with Crippen LogP contribution in [0, 0.1) is 5.92 Å². The molecule has 0 spiro atoms. The van der Waals surface area contributed by atoms with Crippen molar-refractivity contribution in [2.45, 2.75) is 26.7 Å². The lowest BCUT2D eigenvalue weighted by atomic mass is 9.87. The highest BCUT2D eigenvalue weighted by Crippen LogP contribution is 2.43. The van der Waals surface area contributed by atoms with Gasteiger partial charge in [0.05, 0.1) is 0 Å². The van der Waals surface area contributed by atoms with Gasteiger partial charge in [-0.1, -0.05) is 86.2 Å². The van der Waals surface area contributed by atoms with Gasteiger partial charge in [-0.15, -0.1) is 0 Å². The van der Waals surface area contributed by atoms with Crippen LogP contribution < -0.4 is 0 Å². The highest BCUT2D eigenvalue weighted by molar-refractivity contribution is 6.06. The lowest BCUT2D eigenvalue weighted by molar-refractivity contribution is 0.645. The molecule has 132 valence electrons. The molecule has 4 aromatic carbocycles. The number of allylic oxidation sites excluding steroid dienone is 1. The van der Waals surface area contributed by atoms with Gasteiger partial charge in [-0.25, -0.2) is 0 Å². The summed E-state index contributed by atoms with van der Waals surface area (Å²) in [5, 5.41) is 5.31. The average Bonchev–Trinajstić information content (AvgIpc) is 3.10. The zero-order chi connectivity index (χ0) is 18.4. The summed E-state index contributed by atoms with van der Waals surface area (Å²) in [5.74, 6) is 0.600. The molecular weight excluding hydrogens is 324 g/mol. The Morgan fingerprint density at radius 1 is 0.741 bits per heavy atom. The normalized spacial score (nSPS) is 14.7. The van der Waals surface area contributed by atoms with Gasteiger partial charge in [0.25, 0.3) is 0 Å². The van der Waals surface area contributed by atoms with Crippen LogP contribution >= 0.6 is 0 Å². The maximum Gasteiger partial charge on any atom is -0.00488 e. The van der Waals surface area contributed by atoms with E-state index in [-0.39, 0.29) is 0 Å². The maximum absolute atomic E-state index is 2.38. The Bertz CT molecular complexity index is 1190. The fourth-order valence-corrected chi connectivity index (χ4v) is 4.55. The third-order valence-electron chi connectivity index (χ3n) is 6.21. The lowest BCUT2D eigenvalue weighted by Crippen LogP contribution is -2.00. The largest absolute Gasteiger partial charge is 0.0648 e. The van der Waals surface area contributed by atoms with Gasteiger partial charge in [-0.05, 0) is 74.7 Å². The summed E-state index contributed by atoms with van der Waals surface area (Å²) in [5.41, 5.74) is 7.35. The Labute approximate surface area is 161 Å². The number of rotatable bonds is 3. The molecule has 1 aliphatic carbocycles. The van der Waals surface area contributed by atoms with Crippen molar-refractivity contribution in [1.29, 1.82) is 0 Å². The van der Waals surface area contributed by atoms with Crippen LogP contribution in [0.3, 0.4) is 0 Å². The molecule has 0 saturated carbocycles. The van der Waals surface area contributed by atoms with E-state index in [0.29, 0.717) is 5.92 Å². The van der Waals surface area contributed by atoms with Crippen LogP contribution in [-0.4, -0.2) is 0 Å². The van der Waals surface area contributed by atoms with Gasteiger partial charge in [0.1, 0.15) is 0 Å². The maximum atomic E-state index is 2.38.